The van der Waals surface area contributed by atoms with Gasteiger partial charge in [0.05, 0.1) is 15.6 Å². The lowest BCUT2D eigenvalue weighted by Gasteiger charge is -2.10. The third-order valence-corrected chi connectivity index (χ3v) is 6.19. The highest BCUT2D eigenvalue weighted by Crippen LogP contribution is 2.36. The van der Waals surface area contributed by atoms with Gasteiger partial charge in [0.25, 0.3) is 11.6 Å². The highest BCUT2D eigenvalue weighted by Gasteiger charge is 2.19. The van der Waals surface area contributed by atoms with Crippen LogP contribution >= 0.6 is 62.7 Å². The lowest BCUT2D eigenvalue weighted by Crippen LogP contribution is -2.33. The molecule has 0 aliphatic carbocycles. The standard InChI is InChI=1S/C16H8BrCl2N3O3S2/c17-10-6-8(22(24)25)2-4-11(10)20-16(26)21-15(23)14-13(19)9-3-1-7(18)5-12(9)27-14/h1-6H,(H2,20,21,23,26). The molecule has 0 atom stereocenters. The number of thiocarbonyl (C=S) groups is 1. The number of non-ortho nitro benzene ring substituents is 1. The van der Waals surface area contributed by atoms with E-state index in [1.807, 2.05) is 0 Å². The number of carbonyl (C=O) groups excluding carboxylic acids is 1. The molecule has 1 amide bonds. The lowest BCUT2D eigenvalue weighted by molar-refractivity contribution is -0.384. The molecule has 6 nitrogen and oxygen atoms in total. The highest BCUT2D eigenvalue weighted by molar-refractivity contribution is 9.10. The molecule has 0 unspecified atom stereocenters. The predicted octanol–water partition coefficient (Wildman–Crippen LogP) is 6.01. The number of halogens is 3. The molecule has 2 aromatic carbocycles. The van der Waals surface area contributed by atoms with Crippen molar-refractivity contribution in [3.05, 3.63) is 65.9 Å². The summed E-state index contributed by atoms with van der Waals surface area (Å²) in [5, 5.41) is 17.8. The van der Waals surface area contributed by atoms with Crippen LogP contribution < -0.4 is 10.6 Å². The van der Waals surface area contributed by atoms with E-state index in [0.29, 0.717) is 25.1 Å². The lowest BCUT2D eigenvalue weighted by atomic mass is 10.2. The van der Waals surface area contributed by atoms with Gasteiger partial charge >= 0.3 is 0 Å². The van der Waals surface area contributed by atoms with Crippen LogP contribution in [0.4, 0.5) is 11.4 Å². The van der Waals surface area contributed by atoms with Crippen molar-refractivity contribution in [2.75, 3.05) is 5.32 Å². The van der Waals surface area contributed by atoms with Crippen LogP contribution in [0.25, 0.3) is 10.1 Å². The van der Waals surface area contributed by atoms with Crippen LogP contribution in [0.1, 0.15) is 9.67 Å². The molecule has 0 fully saturated rings. The van der Waals surface area contributed by atoms with Crippen LogP contribution in [0.3, 0.4) is 0 Å². The number of fused-ring (bicyclic) bond motifs is 1. The minimum Gasteiger partial charge on any atom is -0.331 e. The number of hydrogen-bond donors (Lipinski definition) is 2. The number of anilines is 1. The van der Waals surface area contributed by atoms with Crippen LogP contribution in [0.5, 0.6) is 0 Å². The van der Waals surface area contributed by atoms with E-state index >= 15 is 0 Å². The summed E-state index contributed by atoms with van der Waals surface area (Å²) in [6, 6.07) is 9.31. The normalized spacial score (nSPS) is 10.6. The Balaban J connectivity index is 1.76. The third-order valence-electron chi connectivity index (χ3n) is 3.44. The molecule has 2 N–H and O–H groups in total. The first-order chi connectivity index (χ1) is 12.8. The number of nitrogens with zero attached hydrogens (tertiary/aromatic N) is 1. The zero-order valence-electron chi connectivity index (χ0n) is 13.1. The van der Waals surface area contributed by atoms with Gasteiger partial charge in [-0.2, -0.15) is 0 Å². The van der Waals surface area contributed by atoms with Crippen LogP contribution in [0, 0.1) is 10.1 Å². The second-order valence-electron chi connectivity index (χ2n) is 5.22. The van der Waals surface area contributed by atoms with Gasteiger partial charge in [-0.1, -0.05) is 29.3 Å². The fraction of sp³-hybridized carbons (Fsp3) is 0. The molecule has 0 saturated heterocycles. The van der Waals surface area contributed by atoms with Gasteiger partial charge in [0, 0.05) is 31.7 Å². The van der Waals surface area contributed by atoms with Crippen LogP contribution in [0.15, 0.2) is 40.9 Å². The van der Waals surface area contributed by atoms with Gasteiger partial charge in [0.2, 0.25) is 0 Å². The van der Waals surface area contributed by atoms with Crippen LogP contribution in [-0.4, -0.2) is 15.9 Å². The molecule has 0 bridgehead atoms. The summed E-state index contributed by atoms with van der Waals surface area (Å²) in [5.41, 5.74) is 0.401. The average Bonchev–Trinajstić information content (AvgIpc) is 2.92. The minimum atomic E-state index is -0.510. The van der Waals surface area contributed by atoms with Crippen molar-refractivity contribution in [1.82, 2.24) is 5.32 Å². The van der Waals surface area contributed by atoms with Gasteiger partial charge < -0.3 is 5.32 Å². The molecule has 0 radical (unpaired) electrons. The maximum atomic E-state index is 12.5. The fourth-order valence-electron chi connectivity index (χ4n) is 2.22. The number of benzene rings is 2. The Kier molecular flexibility index (Phi) is 5.97. The smallest absolute Gasteiger partial charge is 0.270 e. The molecule has 0 saturated carbocycles. The van der Waals surface area contributed by atoms with E-state index in [0.717, 1.165) is 10.1 Å². The molecule has 0 aliphatic rings. The van der Waals surface area contributed by atoms with Gasteiger partial charge in [0.15, 0.2) is 5.11 Å². The molecule has 0 aliphatic heterocycles. The molecular formula is C16H8BrCl2N3O3S2. The van der Waals surface area contributed by atoms with Crippen molar-refractivity contribution >= 4 is 95.2 Å². The third kappa shape index (κ3) is 4.39. The Morgan fingerprint density at radius 2 is 1.96 bits per heavy atom. The van der Waals surface area contributed by atoms with Crippen molar-refractivity contribution < 1.29 is 9.72 Å². The first kappa shape index (κ1) is 20.0. The maximum Gasteiger partial charge on any atom is 0.270 e. The number of rotatable bonds is 3. The number of hydrogen-bond acceptors (Lipinski definition) is 5. The monoisotopic (exact) mass is 503 g/mol. The number of thiophene rings is 1. The molecule has 138 valence electrons. The maximum absolute atomic E-state index is 12.5. The molecule has 11 heteroatoms. The van der Waals surface area contributed by atoms with Gasteiger partial charge in [-0.05, 0) is 46.3 Å². The summed E-state index contributed by atoms with van der Waals surface area (Å²) in [4.78, 5) is 23.1. The molecule has 3 rings (SSSR count). The van der Waals surface area contributed by atoms with Crippen LogP contribution in [-0.2, 0) is 0 Å². The van der Waals surface area contributed by atoms with E-state index in [4.69, 9.17) is 35.4 Å². The van der Waals surface area contributed by atoms with Crippen molar-refractivity contribution in [1.29, 1.82) is 0 Å². The number of amides is 1. The highest BCUT2D eigenvalue weighted by atomic mass is 79.9. The Hall–Kier alpha value is -1.78. The number of carbonyl (C=O) groups is 1. The minimum absolute atomic E-state index is 0.0288. The van der Waals surface area contributed by atoms with E-state index in [2.05, 4.69) is 26.6 Å². The van der Waals surface area contributed by atoms with Crippen molar-refractivity contribution in [3.8, 4) is 0 Å². The Labute approximate surface area is 180 Å². The van der Waals surface area contributed by atoms with E-state index in [9.17, 15) is 14.9 Å². The Bertz CT molecular complexity index is 1100. The number of nitro groups is 1. The molecule has 27 heavy (non-hydrogen) atoms. The summed E-state index contributed by atoms with van der Waals surface area (Å²) >= 11 is 21.8. The Morgan fingerprint density at radius 1 is 1.22 bits per heavy atom. The zero-order valence-corrected chi connectivity index (χ0v) is 17.8. The zero-order chi connectivity index (χ0) is 19.7. The predicted molar refractivity (Wildman–Crippen MR) is 116 cm³/mol. The first-order valence-corrected chi connectivity index (χ1v) is 9.97. The summed E-state index contributed by atoms with van der Waals surface area (Å²) in [6.45, 7) is 0. The fourth-order valence-corrected chi connectivity index (χ4v) is 4.57. The van der Waals surface area contributed by atoms with E-state index in [1.165, 1.54) is 29.5 Å². The summed E-state index contributed by atoms with van der Waals surface area (Å²) in [7, 11) is 0. The molecule has 1 aromatic heterocycles. The molecular weight excluding hydrogens is 497 g/mol. The van der Waals surface area contributed by atoms with Crippen molar-refractivity contribution in [2.45, 2.75) is 0 Å². The first-order valence-electron chi connectivity index (χ1n) is 7.20. The second kappa shape index (κ2) is 8.07. The van der Waals surface area contributed by atoms with E-state index in [1.54, 1.807) is 18.2 Å². The quantitative estimate of drug-likeness (QED) is 0.259. The van der Waals surface area contributed by atoms with Crippen molar-refractivity contribution in [2.24, 2.45) is 0 Å². The SMILES string of the molecule is O=C(NC(=S)Nc1ccc([N+](=O)[O-])cc1Br)c1sc2cc(Cl)ccc2c1Cl. The summed E-state index contributed by atoms with van der Waals surface area (Å²) in [5.74, 6) is -0.465. The summed E-state index contributed by atoms with van der Waals surface area (Å²) < 4.78 is 1.22. The second-order valence-corrected chi connectivity index (χ2v) is 8.34. The van der Waals surface area contributed by atoms with Gasteiger partial charge in [-0.3, -0.25) is 20.2 Å². The van der Waals surface area contributed by atoms with Gasteiger partial charge in [-0.15, -0.1) is 11.3 Å². The molecule has 1 heterocycles. The molecule has 0 spiro atoms. The van der Waals surface area contributed by atoms with E-state index in [-0.39, 0.29) is 10.8 Å². The van der Waals surface area contributed by atoms with Gasteiger partial charge in [-0.25, -0.2) is 0 Å². The van der Waals surface area contributed by atoms with Gasteiger partial charge in [0.1, 0.15) is 4.88 Å². The molecule has 3 aromatic rings. The number of nitrogens with one attached hydrogen (secondary N) is 2. The summed E-state index contributed by atoms with van der Waals surface area (Å²) in [6.07, 6.45) is 0. The average molecular weight is 505 g/mol. The van der Waals surface area contributed by atoms with Crippen LogP contribution in [0.2, 0.25) is 10.0 Å². The largest absolute Gasteiger partial charge is 0.331 e. The topological polar surface area (TPSA) is 84.3 Å². The van der Waals surface area contributed by atoms with Crippen molar-refractivity contribution in [3.63, 3.8) is 0 Å². The Morgan fingerprint density at radius 3 is 2.63 bits per heavy atom. The van der Waals surface area contributed by atoms with E-state index < -0.39 is 10.8 Å². The number of nitro benzene ring substituents is 1.